The zero-order chi connectivity index (χ0) is 33.1. The second-order valence-electron chi connectivity index (χ2n) is 13.1. The van der Waals surface area contributed by atoms with E-state index >= 15 is 0 Å². The largest absolute Gasteiger partial charge is 0.508 e. The monoisotopic (exact) mass is 646 g/mol. The number of carbonyl (C=O) groups excluding carboxylic acids is 1. The molecule has 0 bridgehead atoms. The van der Waals surface area contributed by atoms with E-state index in [0.717, 1.165) is 53.4 Å². The molecule has 0 saturated heterocycles. The van der Waals surface area contributed by atoms with Crippen molar-refractivity contribution < 1.29 is 34.8 Å². The number of hydrogen-bond donors (Lipinski definition) is 6. The highest BCUT2D eigenvalue weighted by molar-refractivity contribution is 6.03. The van der Waals surface area contributed by atoms with Crippen molar-refractivity contribution in [1.29, 1.82) is 0 Å². The summed E-state index contributed by atoms with van der Waals surface area (Å²) >= 11 is 0. The van der Waals surface area contributed by atoms with Crippen LogP contribution >= 0.6 is 0 Å². The lowest BCUT2D eigenvalue weighted by Gasteiger charge is -2.58. The summed E-state index contributed by atoms with van der Waals surface area (Å²) in [6.45, 7) is 0.471. The van der Waals surface area contributed by atoms with Gasteiger partial charge >= 0.3 is 6.03 Å². The lowest BCUT2D eigenvalue weighted by atomic mass is 9.55. The van der Waals surface area contributed by atoms with E-state index in [4.69, 9.17) is 9.57 Å². The van der Waals surface area contributed by atoms with Crippen LogP contribution in [0.5, 0.6) is 11.5 Å². The molecule has 47 heavy (non-hydrogen) atoms. The summed E-state index contributed by atoms with van der Waals surface area (Å²) in [5, 5.41) is 51.1. The number of unbranched alkanes of at least 4 members (excludes halogenated alkanes) is 2. The third-order valence-corrected chi connectivity index (χ3v) is 10.3. The van der Waals surface area contributed by atoms with Gasteiger partial charge in [0.25, 0.3) is 0 Å². The Hall–Kier alpha value is -4.06. The Morgan fingerprint density at radius 3 is 2.62 bits per heavy atom. The van der Waals surface area contributed by atoms with Crippen LogP contribution in [0.1, 0.15) is 62.1 Å². The van der Waals surface area contributed by atoms with Crippen LogP contribution in [-0.2, 0) is 11.4 Å². The standard InChI is InChI=1S/C36H46N4O7/c1-40(35(44)37-21-24-17-23-10-3-4-12-29(23)38-24)32-20-30(39-46-2)27-18-22(9-5-7-15-41)26(11-6-8-16-42)33-28-19-25(43)13-14-31(28)47-36(32,45)34(27)33/h3-4,10,12-14,17-19,22,26,32-34,38,41-43,45H,5-9,11,15-16,20-21H2,1-2H3,(H,37,44). The number of H-pyrrole nitrogens is 1. The normalized spacial score (nSPS) is 27.0. The summed E-state index contributed by atoms with van der Waals surface area (Å²) < 4.78 is 6.54. The number of phenolic OH excluding ortho intramolecular Hbond substituents is 1. The molecule has 0 spiro atoms. The van der Waals surface area contributed by atoms with Crippen LogP contribution in [-0.4, -0.2) is 81.3 Å². The van der Waals surface area contributed by atoms with E-state index in [0.29, 0.717) is 24.3 Å². The molecule has 2 aliphatic carbocycles. The van der Waals surface area contributed by atoms with Gasteiger partial charge in [-0.15, -0.1) is 0 Å². The zero-order valence-electron chi connectivity index (χ0n) is 27.1. The van der Waals surface area contributed by atoms with Gasteiger partial charge in [-0.05, 0) is 78.8 Å². The maximum absolute atomic E-state index is 13.8. The second-order valence-corrected chi connectivity index (χ2v) is 13.1. The Bertz CT molecular complexity index is 1600. The number of urea groups is 1. The predicted molar refractivity (Wildman–Crippen MR) is 178 cm³/mol. The highest BCUT2D eigenvalue weighted by Gasteiger charge is 2.63. The third-order valence-electron chi connectivity index (χ3n) is 10.3. The number of ether oxygens (including phenoxy) is 1. The van der Waals surface area contributed by atoms with Gasteiger partial charge in [0.2, 0.25) is 5.79 Å². The number of hydrogen-bond acceptors (Lipinski definition) is 8. The lowest BCUT2D eigenvalue weighted by Crippen LogP contribution is -2.69. The van der Waals surface area contributed by atoms with Crippen molar-refractivity contribution in [2.24, 2.45) is 22.9 Å². The maximum atomic E-state index is 13.8. The van der Waals surface area contributed by atoms with E-state index in [9.17, 15) is 25.2 Å². The first-order valence-electron chi connectivity index (χ1n) is 16.6. The zero-order valence-corrected chi connectivity index (χ0v) is 27.1. The molecule has 1 fully saturated rings. The first-order chi connectivity index (χ1) is 22.8. The van der Waals surface area contributed by atoms with Gasteiger partial charge in [0.05, 0.1) is 18.2 Å². The number of aromatic nitrogens is 1. The summed E-state index contributed by atoms with van der Waals surface area (Å²) in [7, 11) is 3.15. The van der Waals surface area contributed by atoms with Gasteiger partial charge in [-0.1, -0.05) is 42.3 Å². The number of rotatable bonds is 12. The average molecular weight is 647 g/mol. The van der Waals surface area contributed by atoms with Gasteiger partial charge in [0.15, 0.2) is 0 Å². The van der Waals surface area contributed by atoms with Crippen molar-refractivity contribution in [3.63, 3.8) is 0 Å². The lowest BCUT2D eigenvalue weighted by molar-refractivity contribution is -0.226. The van der Waals surface area contributed by atoms with Gasteiger partial charge in [0.1, 0.15) is 24.7 Å². The molecule has 1 aromatic heterocycles. The first kappa shape index (κ1) is 32.9. The van der Waals surface area contributed by atoms with E-state index in [1.807, 2.05) is 30.3 Å². The van der Waals surface area contributed by atoms with Crippen molar-refractivity contribution >= 4 is 22.6 Å². The number of allylic oxidation sites excluding steroid dienone is 1. The van der Waals surface area contributed by atoms with Gasteiger partial charge in [0, 0.05) is 49.4 Å². The highest BCUT2D eigenvalue weighted by atomic mass is 16.6. The summed E-state index contributed by atoms with van der Waals surface area (Å²) in [4.78, 5) is 23.9. The molecule has 6 unspecified atom stereocenters. The number of aliphatic hydroxyl groups excluding tert-OH is 2. The molecule has 252 valence electrons. The number of phenols is 1. The van der Waals surface area contributed by atoms with Gasteiger partial charge in [-0.2, -0.15) is 0 Å². The van der Waals surface area contributed by atoms with Crippen LogP contribution in [0, 0.1) is 17.8 Å². The molecule has 6 atom stereocenters. The van der Waals surface area contributed by atoms with Gasteiger partial charge in [-0.25, -0.2) is 4.79 Å². The molecule has 11 nitrogen and oxygen atoms in total. The fourth-order valence-electron chi connectivity index (χ4n) is 8.14. The Morgan fingerprint density at radius 2 is 1.87 bits per heavy atom. The summed E-state index contributed by atoms with van der Waals surface area (Å²) in [6.07, 6.45) is 6.94. The van der Waals surface area contributed by atoms with Crippen molar-refractivity contribution in [1.82, 2.24) is 15.2 Å². The Morgan fingerprint density at radius 1 is 1.11 bits per heavy atom. The minimum Gasteiger partial charge on any atom is -0.508 e. The number of aromatic hydroxyl groups is 1. The summed E-state index contributed by atoms with van der Waals surface area (Å²) in [6, 6.07) is 13.7. The van der Waals surface area contributed by atoms with E-state index < -0.39 is 17.7 Å². The van der Waals surface area contributed by atoms with Crippen LogP contribution in [0.15, 0.2) is 65.3 Å². The number of para-hydroxylation sites is 1. The van der Waals surface area contributed by atoms with E-state index in [1.165, 1.54) is 12.0 Å². The van der Waals surface area contributed by atoms with E-state index in [-0.39, 0.29) is 55.7 Å². The number of nitrogens with one attached hydrogen (secondary N) is 2. The maximum Gasteiger partial charge on any atom is 0.317 e. The molecule has 6 rings (SSSR count). The number of oxime groups is 1. The molecule has 0 radical (unpaired) electrons. The molecule has 3 aromatic rings. The van der Waals surface area contributed by atoms with Crippen LogP contribution in [0.4, 0.5) is 4.79 Å². The molecule has 3 aliphatic rings. The van der Waals surface area contributed by atoms with Crippen molar-refractivity contribution in [3.8, 4) is 11.5 Å². The topological polar surface area (TPSA) is 160 Å². The van der Waals surface area contributed by atoms with Crippen molar-refractivity contribution in [2.75, 3.05) is 27.4 Å². The quantitative estimate of drug-likeness (QED) is 0.122. The van der Waals surface area contributed by atoms with Crippen LogP contribution in [0.3, 0.4) is 0 Å². The summed E-state index contributed by atoms with van der Waals surface area (Å²) in [5.41, 5.74) is 4.10. The average Bonchev–Trinajstić information content (AvgIpc) is 3.49. The van der Waals surface area contributed by atoms with Crippen LogP contribution in [0.2, 0.25) is 0 Å². The number of carbonyl (C=O) groups is 1. The van der Waals surface area contributed by atoms with Crippen molar-refractivity contribution in [2.45, 2.75) is 69.2 Å². The SMILES string of the molecule is CON=C1CC(N(C)C(=O)NCc2cc3ccccc3[nH]2)C2(O)Oc3ccc(O)cc3C3C(CCCCO)C(CCCCO)C=C1C32. The van der Waals surface area contributed by atoms with Crippen LogP contribution in [0.25, 0.3) is 10.9 Å². The van der Waals surface area contributed by atoms with Crippen LogP contribution < -0.4 is 10.1 Å². The number of nitrogens with zero attached hydrogens (tertiary/aromatic N) is 2. The molecule has 2 amide bonds. The molecular weight excluding hydrogens is 600 g/mol. The van der Waals surface area contributed by atoms with Crippen molar-refractivity contribution in [3.05, 3.63) is 71.4 Å². The number of benzene rings is 2. The highest BCUT2D eigenvalue weighted by Crippen LogP contribution is 2.60. The van der Waals surface area contributed by atoms with Gasteiger partial charge in [-0.3, -0.25) is 0 Å². The van der Waals surface area contributed by atoms with E-state index in [2.05, 4.69) is 21.5 Å². The minimum atomic E-state index is -1.81. The molecule has 1 saturated carbocycles. The summed E-state index contributed by atoms with van der Waals surface area (Å²) in [5.74, 6) is -2.00. The second kappa shape index (κ2) is 14.0. The number of fused-ring (bicyclic) bond motifs is 3. The minimum absolute atomic E-state index is 0.0358. The molecular formula is C36H46N4O7. The molecule has 1 aliphatic heterocycles. The Labute approximate surface area is 274 Å². The smallest absolute Gasteiger partial charge is 0.317 e. The molecule has 11 heteroatoms. The molecule has 6 N–H and O–H groups in total. The fourth-order valence-corrected chi connectivity index (χ4v) is 8.14. The Kier molecular flexibility index (Phi) is 9.77. The predicted octanol–water partition coefficient (Wildman–Crippen LogP) is 4.77. The number of aliphatic hydroxyl groups is 3. The van der Waals surface area contributed by atoms with E-state index in [1.54, 1.807) is 25.2 Å². The number of amides is 2. The number of aromatic amines is 1. The molecule has 2 heterocycles. The Balaban J connectivity index is 1.38. The molecule has 2 aromatic carbocycles. The third kappa shape index (κ3) is 6.31. The fraction of sp³-hybridized carbons (Fsp3) is 0.500. The number of likely N-dealkylation sites (N-methyl/N-ethyl adjacent to an activating group) is 1. The first-order valence-corrected chi connectivity index (χ1v) is 16.6. The van der Waals surface area contributed by atoms with Gasteiger partial charge < -0.3 is 45.2 Å².